The minimum absolute atomic E-state index is 0.0767. The molecule has 0 saturated carbocycles. The highest BCUT2D eigenvalue weighted by molar-refractivity contribution is 9.10. The summed E-state index contributed by atoms with van der Waals surface area (Å²) in [5, 5.41) is 0. The molecule has 1 amide bonds. The number of likely N-dealkylation sites (tertiary alicyclic amines) is 1. The van der Waals surface area contributed by atoms with Crippen LogP contribution in [0.1, 0.15) is 16.8 Å². The molecule has 4 nitrogen and oxygen atoms in total. The third kappa shape index (κ3) is 3.47. The summed E-state index contributed by atoms with van der Waals surface area (Å²) in [6.07, 6.45) is 2.68. The summed E-state index contributed by atoms with van der Waals surface area (Å²) >= 11 is 3.44. The van der Waals surface area contributed by atoms with Crippen LogP contribution < -0.4 is 4.74 Å². The Morgan fingerprint density at radius 3 is 2.86 bits per heavy atom. The maximum Gasteiger partial charge on any atom is 0.255 e. The summed E-state index contributed by atoms with van der Waals surface area (Å²) < 4.78 is 6.53. The van der Waals surface area contributed by atoms with E-state index in [2.05, 4.69) is 20.9 Å². The van der Waals surface area contributed by atoms with Crippen molar-refractivity contribution in [2.24, 2.45) is 5.92 Å². The summed E-state index contributed by atoms with van der Waals surface area (Å²) in [6, 6.07) is 13.2. The molecule has 0 aliphatic carbocycles. The van der Waals surface area contributed by atoms with E-state index in [0.717, 1.165) is 24.0 Å². The number of carbonyl (C=O) groups is 1. The van der Waals surface area contributed by atoms with E-state index in [1.807, 2.05) is 47.4 Å². The Balaban J connectivity index is 1.56. The first-order chi connectivity index (χ1) is 10.7. The van der Waals surface area contributed by atoms with Gasteiger partial charge in [0.25, 0.3) is 5.91 Å². The van der Waals surface area contributed by atoms with Gasteiger partial charge in [-0.05, 0) is 40.5 Å². The molecule has 1 aliphatic heterocycles. The molecule has 5 heteroatoms. The topological polar surface area (TPSA) is 42.4 Å². The maximum absolute atomic E-state index is 12.5. The number of rotatable bonds is 4. The van der Waals surface area contributed by atoms with Crippen molar-refractivity contribution < 1.29 is 9.53 Å². The normalized spacial score (nSPS) is 17.5. The third-order valence-corrected chi connectivity index (χ3v) is 4.47. The third-order valence-electron chi connectivity index (χ3n) is 3.78. The number of hydrogen-bond donors (Lipinski definition) is 0. The molecular weight excluding hydrogens is 344 g/mol. The number of aromatic nitrogens is 1. The van der Waals surface area contributed by atoms with E-state index in [0.29, 0.717) is 24.0 Å². The summed E-state index contributed by atoms with van der Waals surface area (Å²) in [7, 11) is 0. The molecular formula is C17H17BrN2O2. The van der Waals surface area contributed by atoms with Crippen molar-refractivity contribution in [3.63, 3.8) is 0 Å². The van der Waals surface area contributed by atoms with Gasteiger partial charge in [-0.3, -0.25) is 4.79 Å². The Morgan fingerprint density at radius 2 is 2.09 bits per heavy atom. The quantitative estimate of drug-likeness (QED) is 0.839. The van der Waals surface area contributed by atoms with Crippen LogP contribution in [0.4, 0.5) is 0 Å². The SMILES string of the molecule is O=C(c1ccccc1Br)N1CCC(COc2ccccn2)C1. The fourth-order valence-corrected chi connectivity index (χ4v) is 3.05. The number of amides is 1. The van der Waals surface area contributed by atoms with Crippen LogP contribution in [-0.4, -0.2) is 35.5 Å². The summed E-state index contributed by atoms with van der Waals surface area (Å²) in [6.45, 7) is 2.10. The lowest BCUT2D eigenvalue weighted by molar-refractivity contribution is 0.0782. The molecule has 0 bridgehead atoms. The first-order valence-corrected chi connectivity index (χ1v) is 8.11. The molecule has 1 saturated heterocycles. The highest BCUT2D eigenvalue weighted by Gasteiger charge is 2.28. The largest absolute Gasteiger partial charge is 0.477 e. The van der Waals surface area contributed by atoms with E-state index in [4.69, 9.17) is 4.74 Å². The van der Waals surface area contributed by atoms with Crippen LogP contribution in [0.15, 0.2) is 53.1 Å². The van der Waals surface area contributed by atoms with Crippen molar-refractivity contribution in [1.29, 1.82) is 0 Å². The Labute approximate surface area is 138 Å². The first-order valence-electron chi connectivity index (χ1n) is 7.31. The van der Waals surface area contributed by atoms with Gasteiger partial charge in [-0.25, -0.2) is 4.98 Å². The molecule has 0 N–H and O–H groups in total. The molecule has 3 rings (SSSR count). The van der Waals surface area contributed by atoms with Crippen LogP contribution >= 0.6 is 15.9 Å². The first kappa shape index (κ1) is 15.0. The van der Waals surface area contributed by atoms with Gasteiger partial charge in [0.05, 0.1) is 12.2 Å². The minimum Gasteiger partial charge on any atom is -0.477 e. The van der Waals surface area contributed by atoms with Crippen LogP contribution in [0, 0.1) is 5.92 Å². The lowest BCUT2D eigenvalue weighted by Gasteiger charge is -2.17. The lowest BCUT2D eigenvalue weighted by atomic mass is 10.1. The van der Waals surface area contributed by atoms with Crippen LogP contribution in [0.3, 0.4) is 0 Å². The minimum atomic E-state index is 0.0767. The fourth-order valence-electron chi connectivity index (χ4n) is 2.59. The number of pyridine rings is 1. The Kier molecular flexibility index (Phi) is 4.73. The molecule has 1 aromatic carbocycles. The number of nitrogens with zero attached hydrogens (tertiary/aromatic N) is 2. The summed E-state index contributed by atoms with van der Waals surface area (Å²) in [5.74, 6) is 1.07. The molecule has 1 aliphatic rings. The lowest BCUT2D eigenvalue weighted by Crippen LogP contribution is -2.29. The molecule has 22 heavy (non-hydrogen) atoms. The zero-order chi connectivity index (χ0) is 15.4. The van der Waals surface area contributed by atoms with E-state index >= 15 is 0 Å². The average Bonchev–Trinajstić information content (AvgIpc) is 3.03. The van der Waals surface area contributed by atoms with Crippen molar-refractivity contribution >= 4 is 21.8 Å². The second-order valence-corrected chi connectivity index (χ2v) is 6.22. The Morgan fingerprint density at radius 1 is 1.27 bits per heavy atom. The number of benzene rings is 1. The molecule has 0 spiro atoms. The molecule has 2 aromatic rings. The highest BCUT2D eigenvalue weighted by Crippen LogP contribution is 2.23. The van der Waals surface area contributed by atoms with Gasteiger partial charge >= 0.3 is 0 Å². The molecule has 1 fully saturated rings. The van der Waals surface area contributed by atoms with Gasteiger partial charge in [0.1, 0.15) is 0 Å². The smallest absolute Gasteiger partial charge is 0.255 e. The zero-order valence-electron chi connectivity index (χ0n) is 12.1. The van der Waals surface area contributed by atoms with Crippen LogP contribution in [-0.2, 0) is 0 Å². The van der Waals surface area contributed by atoms with E-state index in [9.17, 15) is 4.79 Å². The molecule has 114 valence electrons. The highest BCUT2D eigenvalue weighted by atomic mass is 79.9. The van der Waals surface area contributed by atoms with Gasteiger partial charge in [-0.2, -0.15) is 0 Å². The Hall–Kier alpha value is -1.88. The molecule has 0 radical (unpaired) electrons. The van der Waals surface area contributed by atoms with Crippen molar-refractivity contribution in [2.75, 3.05) is 19.7 Å². The van der Waals surface area contributed by atoms with Gasteiger partial charge < -0.3 is 9.64 Å². The van der Waals surface area contributed by atoms with E-state index in [1.165, 1.54) is 0 Å². The maximum atomic E-state index is 12.5. The van der Waals surface area contributed by atoms with Crippen molar-refractivity contribution in [3.05, 3.63) is 58.7 Å². The van der Waals surface area contributed by atoms with E-state index in [-0.39, 0.29) is 5.91 Å². The van der Waals surface area contributed by atoms with Crippen molar-refractivity contribution in [2.45, 2.75) is 6.42 Å². The number of ether oxygens (including phenoxy) is 1. The summed E-state index contributed by atoms with van der Waals surface area (Å²) in [5.41, 5.74) is 0.716. The van der Waals surface area contributed by atoms with Gasteiger partial charge in [0.2, 0.25) is 5.88 Å². The molecule has 1 atom stereocenters. The Bertz CT molecular complexity index is 648. The average molecular weight is 361 g/mol. The second-order valence-electron chi connectivity index (χ2n) is 5.36. The second kappa shape index (κ2) is 6.92. The zero-order valence-corrected chi connectivity index (χ0v) is 13.7. The molecule has 2 heterocycles. The van der Waals surface area contributed by atoms with Gasteiger partial charge in [-0.1, -0.05) is 18.2 Å². The van der Waals surface area contributed by atoms with E-state index in [1.54, 1.807) is 6.20 Å². The molecule has 1 aromatic heterocycles. The fraction of sp³-hybridized carbons (Fsp3) is 0.294. The van der Waals surface area contributed by atoms with Gasteiger partial charge in [-0.15, -0.1) is 0 Å². The number of hydrogen-bond acceptors (Lipinski definition) is 3. The van der Waals surface area contributed by atoms with Crippen molar-refractivity contribution in [1.82, 2.24) is 9.88 Å². The molecule has 1 unspecified atom stereocenters. The van der Waals surface area contributed by atoms with Crippen LogP contribution in [0.5, 0.6) is 5.88 Å². The van der Waals surface area contributed by atoms with Crippen molar-refractivity contribution in [3.8, 4) is 5.88 Å². The monoisotopic (exact) mass is 360 g/mol. The summed E-state index contributed by atoms with van der Waals surface area (Å²) in [4.78, 5) is 18.6. The standard InChI is InChI=1S/C17H17BrN2O2/c18-15-6-2-1-5-14(15)17(21)20-10-8-13(11-20)12-22-16-7-3-4-9-19-16/h1-7,9,13H,8,10-12H2. The number of carbonyl (C=O) groups excluding carboxylic acids is 1. The van der Waals surface area contributed by atoms with E-state index < -0.39 is 0 Å². The van der Waals surface area contributed by atoms with Crippen LogP contribution in [0.25, 0.3) is 0 Å². The predicted octanol–water partition coefficient (Wildman–Crippen LogP) is 3.39. The van der Waals surface area contributed by atoms with Gasteiger partial charge in [0, 0.05) is 35.7 Å². The van der Waals surface area contributed by atoms with Gasteiger partial charge in [0.15, 0.2) is 0 Å². The predicted molar refractivity (Wildman–Crippen MR) is 87.9 cm³/mol. The van der Waals surface area contributed by atoms with Crippen LogP contribution in [0.2, 0.25) is 0 Å². The number of halogens is 1.